The number of aliphatic hydroxyl groups excluding tert-OH is 1. The summed E-state index contributed by atoms with van der Waals surface area (Å²) in [6, 6.07) is 0. The van der Waals surface area contributed by atoms with E-state index >= 15 is 0 Å². The van der Waals surface area contributed by atoms with Crippen LogP contribution < -0.4 is 11.2 Å². The van der Waals surface area contributed by atoms with Gasteiger partial charge in [0.2, 0.25) is 0 Å². The molecule has 0 radical (unpaired) electrons. The molecule has 1 aliphatic heterocycles. The first kappa shape index (κ1) is 20.5. The molecule has 0 amide bonds. The van der Waals surface area contributed by atoms with E-state index in [1.165, 1.54) is 36.4 Å². The van der Waals surface area contributed by atoms with Gasteiger partial charge in [0, 0.05) is 24.4 Å². The zero-order valence-electron chi connectivity index (χ0n) is 16.5. The van der Waals surface area contributed by atoms with Gasteiger partial charge in [0.15, 0.2) is 0 Å². The van der Waals surface area contributed by atoms with Crippen LogP contribution in [0.2, 0.25) is 0 Å². The molecule has 0 bridgehead atoms. The lowest BCUT2D eigenvalue weighted by atomic mass is 10.1. The Morgan fingerprint density at radius 1 is 1.25 bits per heavy atom. The summed E-state index contributed by atoms with van der Waals surface area (Å²) in [5, 5.41) is 18.7. The summed E-state index contributed by atoms with van der Waals surface area (Å²) in [5.41, 5.74) is 0.398. The van der Waals surface area contributed by atoms with Crippen molar-refractivity contribution < 1.29 is 9.84 Å². The molecule has 28 heavy (non-hydrogen) atoms. The number of hydrogen-bond acceptors (Lipinski definition) is 6. The first-order valence-corrected chi connectivity index (χ1v) is 10.0. The van der Waals surface area contributed by atoms with E-state index in [4.69, 9.17) is 4.74 Å². The number of nitrogens with zero attached hydrogens (tertiary/aromatic N) is 4. The molecule has 2 N–H and O–H groups in total. The molecule has 0 aromatic carbocycles. The maximum Gasteiger partial charge on any atom is 0.330 e. The van der Waals surface area contributed by atoms with Gasteiger partial charge in [-0.3, -0.25) is 14.3 Å². The normalized spacial score (nSPS) is 22.0. The summed E-state index contributed by atoms with van der Waals surface area (Å²) < 4.78 is 8.88. The topological polar surface area (TPSA) is 115 Å². The van der Waals surface area contributed by atoms with Crippen molar-refractivity contribution in [3.05, 3.63) is 44.5 Å². The fourth-order valence-corrected chi connectivity index (χ4v) is 3.49. The van der Waals surface area contributed by atoms with Crippen LogP contribution in [-0.2, 0) is 17.7 Å². The Hall–Kier alpha value is -2.26. The van der Waals surface area contributed by atoms with E-state index in [9.17, 15) is 14.7 Å². The van der Waals surface area contributed by atoms with Crippen LogP contribution in [0.25, 0.3) is 0 Å². The Kier molecular flexibility index (Phi) is 6.79. The number of aromatic nitrogens is 5. The minimum atomic E-state index is -0.731. The first-order chi connectivity index (χ1) is 13.5. The minimum absolute atomic E-state index is 0.273. The molecule has 0 spiro atoms. The van der Waals surface area contributed by atoms with E-state index < -0.39 is 29.7 Å². The Morgan fingerprint density at radius 3 is 2.82 bits per heavy atom. The molecule has 9 nitrogen and oxygen atoms in total. The summed E-state index contributed by atoms with van der Waals surface area (Å²) >= 11 is 0. The summed E-state index contributed by atoms with van der Waals surface area (Å²) in [5.74, 6) is 0. The number of rotatable bonds is 9. The third-order valence-corrected chi connectivity index (χ3v) is 5.15. The Bertz CT molecular complexity index is 887. The lowest BCUT2D eigenvalue weighted by Gasteiger charge is -2.16. The highest BCUT2D eigenvalue weighted by atomic mass is 16.5. The molecular weight excluding hydrogens is 362 g/mol. The van der Waals surface area contributed by atoms with Crippen molar-refractivity contribution in [1.29, 1.82) is 0 Å². The molecule has 3 rings (SSSR count). The number of nitrogens with one attached hydrogen (secondary N) is 1. The second-order valence-corrected chi connectivity index (χ2v) is 7.51. The van der Waals surface area contributed by atoms with Gasteiger partial charge in [0.1, 0.15) is 12.3 Å². The number of aryl methyl sites for hydroxylation is 2. The van der Waals surface area contributed by atoms with Crippen molar-refractivity contribution in [3.63, 3.8) is 0 Å². The van der Waals surface area contributed by atoms with E-state index in [2.05, 4.69) is 22.2 Å². The molecule has 154 valence electrons. The molecule has 9 heteroatoms. The molecule has 2 aromatic rings. The molecule has 3 heterocycles. The van der Waals surface area contributed by atoms with Gasteiger partial charge in [0.25, 0.3) is 5.56 Å². The van der Waals surface area contributed by atoms with Crippen molar-refractivity contribution in [3.8, 4) is 0 Å². The second kappa shape index (κ2) is 9.29. The lowest BCUT2D eigenvalue weighted by molar-refractivity contribution is -0.0302. The summed E-state index contributed by atoms with van der Waals surface area (Å²) in [7, 11) is 0. The van der Waals surface area contributed by atoms with Crippen molar-refractivity contribution in [2.45, 2.75) is 83.8 Å². The van der Waals surface area contributed by atoms with Gasteiger partial charge in [0.05, 0.1) is 18.3 Å². The van der Waals surface area contributed by atoms with Gasteiger partial charge in [-0.05, 0) is 19.8 Å². The first-order valence-electron chi connectivity index (χ1n) is 10.0. The van der Waals surface area contributed by atoms with Crippen LogP contribution in [-0.4, -0.2) is 41.9 Å². The fraction of sp³-hybridized carbons (Fsp3) is 0.684. The van der Waals surface area contributed by atoms with Crippen LogP contribution in [0, 0.1) is 6.92 Å². The summed E-state index contributed by atoms with van der Waals surface area (Å²) in [6.07, 6.45) is 8.71. The Labute approximate surface area is 163 Å². The zero-order chi connectivity index (χ0) is 20.1. The van der Waals surface area contributed by atoms with Crippen LogP contribution in [0.3, 0.4) is 0 Å². The molecule has 1 fully saturated rings. The maximum atomic E-state index is 12.0. The van der Waals surface area contributed by atoms with Gasteiger partial charge in [-0.1, -0.05) is 37.8 Å². The fourth-order valence-electron chi connectivity index (χ4n) is 3.49. The standard InChI is InChI=1S/C19H29N5O4/c1-3-4-5-6-7-8-14-11-23(22-21-14)12-16-15(25)9-17(28-16)24-10-13(2)18(26)20-19(24)27/h10-11,15-17,25H,3-9,12H2,1-2H3,(H,20,26,27)/t15?,16-,17-/m1/s1. The van der Waals surface area contributed by atoms with E-state index in [0.29, 0.717) is 12.1 Å². The number of hydrogen-bond donors (Lipinski definition) is 2. The van der Waals surface area contributed by atoms with Gasteiger partial charge >= 0.3 is 5.69 Å². The molecule has 3 atom stereocenters. The molecule has 0 saturated carbocycles. The Balaban J connectivity index is 1.57. The van der Waals surface area contributed by atoms with E-state index in [1.807, 2.05) is 6.20 Å². The number of H-pyrrole nitrogens is 1. The van der Waals surface area contributed by atoms with Gasteiger partial charge in [-0.2, -0.15) is 0 Å². The quantitative estimate of drug-likeness (QED) is 0.623. The van der Waals surface area contributed by atoms with Crippen LogP contribution in [0.15, 0.2) is 22.0 Å². The third kappa shape index (κ3) is 4.96. The van der Waals surface area contributed by atoms with Crippen molar-refractivity contribution in [1.82, 2.24) is 24.5 Å². The largest absolute Gasteiger partial charge is 0.390 e. The predicted octanol–water partition coefficient (Wildman–Crippen LogP) is 1.30. The minimum Gasteiger partial charge on any atom is -0.390 e. The van der Waals surface area contributed by atoms with E-state index in [-0.39, 0.29) is 6.42 Å². The average molecular weight is 391 g/mol. The third-order valence-electron chi connectivity index (χ3n) is 5.15. The number of ether oxygens (including phenoxy) is 1. The van der Waals surface area contributed by atoms with Crippen molar-refractivity contribution in [2.75, 3.05) is 0 Å². The van der Waals surface area contributed by atoms with Crippen LogP contribution in [0.4, 0.5) is 0 Å². The van der Waals surface area contributed by atoms with E-state index in [0.717, 1.165) is 18.5 Å². The van der Waals surface area contributed by atoms with Crippen LogP contribution in [0.1, 0.15) is 62.9 Å². The molecule has 1 saturated heterocycles. The average Bonchev–Trinajstić information content (AvgIpc) is 3.25. The number of aromatic amines is 1. The predicted molar refractivity (Wildman–Crippen MR) is 103 cm³/mol. The van der Waals surface area contributed by atoms with Crippen LogP contribution >= 0.6 is 0 Å². The molecule has 2 aromatic heterocycles. The molecule has 1 aliphatic rings. The molecule has 0 aliphatic carbocycles. The SMILES string of the molecule is CCCCCCCc1cn(C[C@H]2O[C@@H](n3cc(C)c(=O)[nH]c3=O)CC2O)nn1. The highest BCUT2D eigenvalue weighted by Gasteiger charge is 2.36. The monoisotopic (exact) mass is 391 g/mol. The maximum absolute atomic E-state index is 12.0. The van der Waals surface area contributed by atoms with Crippen molar-refractivity contribution in [2.24, 2.45) is 0 Å². The van der Waals surface area contributed by atoms with Gasteiger partial charge < -0.3 is 9.84 Å². The Morgan fingerprint density at radius 2 is 2.04 bits per heavy atom. The highest BCUT2D eigenvalue weighted by Crippen LogP contribution is 2.28. The summed E-state index contributed by atoms with van der Waals surface area (Å²) in [6.45, 7) is 4.18. The summed E-state index contributed by atoms with van der Waals surface area (Å²) in [4.78, 5) is 25.8. The van der Waals surface area contributed by atoms with Gasteiger partial charge in [-0.25, -0.2) is 9.48 Å². The highest BCUT2D eigenvalue weighted by molar-refractivity contribution is 5.02. The van der Waals surface area contributed by atoms with Crippen molar-refractivity contribution >= 4 is 0 Å². The second-order valence-electron chi connectivity index (χ2n) is 7.51. The number of unbranched alkanes of at least 4 members (excludes halogenated alkanes) is 4. The van der Waals surface area contributed by atoms with Gasteiger partial charge in [-0.15, -0.1) is 5.10 Å². The number of aliphatic hydroxyl groups is 1. The molecular formula is C19H29N5O4. The lowest BCUT2D eigenvalue weighted by Crippen LogP contribution is -2.33. The zero-order valence-corrected chi connectivity index (χ0v) is 16.5. The molecule has 1 unspecified atom stereocenters. The van der Waals surface area contributed by atoms with Crippen LogP contribution in [0.5, 0.6) is 0 Å². The smallest absolute Gasteiger partial charge is 0.330 e. The van der Waals surface area contributed by atoms with E-state index in [1.54, 1.807) is 11.6 Å².